The van der Waals surface area contributed by atoms with E-state index in [1.165, 1.54) is 0 Å². The summed E-state index contributed by atoms with van der Waals surface area (Å²) >= 11 is 6.28. The van der Waals surface area contributed by atoms with E-state index in [2.05, 4.69) is 24.3 Å². The van der Waals surface area contributed by atoms with Gasteiger partial charge in [0.2, 0.25) is 0 Å². The van der Waals surface area contributed by atoms with Crippen LogP contribution in [-0.2, 0) is 5.60 Å². The Kier molecular flexibility index (Phi) is 3.47. The number of piperidine rings is 1. The molecular weight excluding hydrogens is 250 g/mol. The van der Waals surface area contributed by atoms with Crippen molar-refractivity contribution in [1.29, 1.82) is 0 Å². The number of halogens is 1. The Labute approximate surface area is 113 Å². The van der Waals surface area contributed by atoms with Crippen LogP contribution in [0.15, 0.2) is 6.20 Å². The third kappa shape index (κ3) is 1.96. The van der Waals surface area contributed by atoms with E-state index in [9.17, 15) is 5.11 Å². The van der Waals surface area contributed by atoms with Crippen LogP contribution in [-0.4, -0.2) is 28.0 Å². The second-order valence-corrected chi connectivity index (χ2v) is 6.46. The fraction of sp³-hybridized carbons (Fsp3) is 0.769. The number of aromatic nitrogens is 2. The molecule has 2 N–H and O–H groups in total. The number of nitrogens with one attached hydrogen (secondary N) is 1. The Morgan fingerprint density at radius 3 is 2.72 bits per heavy atom. The Hall–Kier alpha value is -0.580. The standard InChI is InChI=1S/C13H22ClN3O/c1-9(2)17-11(10(14)7-16-17)13(18)5-6-15-8-12(13,3)4/h7,9,15,18H,5-6,8H2,1-4H3. The third-order valence-corrected chi connectivity index (χ3v) is 4.26. The minimum Gasteiger partial charge on any atom is -0.383 e. The predicted molar refractivity (Wildman–Crippen MR) is 72.8 cm³/mol. The normalized spacial score (nSPS) is 27.7. The van der Waals surface area contributed by atoms with Gasteiger partial charge in [0.25, 0.3) is 0 Å². The van der Waals surface area contributed by atoms with Gasteiger partial charge in [-0.25, -0.2) is 0 Å². The number of rotatable bonds is 2. The maximum atomic E-state index is 11.2. The number of hydrogen-bond donors (Lipinski definition) is 2. The quantitative estimate of drug-likeness (QED) is 0.868. The highest BCUT2D eigenvalue weighted by molar-refractivity contribution is 6.31. The largest absolute Gasteiger partial charge is 0.383 e. The topological polar surface area (TPSA) is 50.1 Å². The van der Waals surface area contributed by atoms with Gasteiger partial charge in [0.15, 0.2) is 0 Å². The molecule has 2 rings (SSSR count). The van der Waals surface area contributed by atoms with Crippen LogP contribution < -0.4 is 5.32 Å². The van der Waals surface area contributed by atoms with Gasteiger partial charge < -0.3 is 10.4 Å². The van der Waals surface area contributed by atoms with Crippen LogP contribution in [0.5, 0.6) is 0 Å². The molecule has 1 aromatic rings. The molecule has 4 nitrogen and oxygen atoms in total. The minimum absolute atomic E-state index is 0.183. The number of hydrogen-bond acceptors (Lipinski definition) is 3. The molecular formula is C13H22ClN3O. The summed E-state index contributed by atoms with van der Waals surface area (Å²) in [5.74, 6) is 0. The first kappa shape index (κ1) is 13.8. The van der Waals surface area contributed by atoms with E-state index in [1.807, 2.05) is 18.5 Å². The van der Waals surface area contributed by atoms with E-state index in [1.54, 1.807) is 6.20 Å². The van der Waals surface area contributed by atoms with Gasteiger partial charge in [-0.3, -0.25) is 4.68 Å². The van der Waals surface area contributed by atoms with Crippen LogP contribution in [0.1, 0.15) is 45.9 Å². The van der Waals surface area contributed by atoms with Gasteiger partial charge in [0.1, 0.15) is 5.60 Å². The first-order valence-electron chi connectivity index (χ1n) is 6.46. The molecule has 0 aliphatic carbocycles. The highest BCUT2D eigenvalue weighted by Crippen LogP contribution is 2.46. The van der Waals surface area contributed by atoms with E-state index in [0.717, 1.165) is 18.8 Å². The summed E-state index contributed by atoms with van der Waals surface area (Å²) in [6, 6.07) is 0.183. The van der Waals surface area contributed by atoms with Crippen molar-refractivity contribution >= 4 is 11.6 Å². The monoisotopic (exact) mass is 271 g/mol. The Morgan fingerprint density at radius 2 is 2.17 bits per heavy atom. The molecule has 0 spiro atoms. The van der Waals surface area contributed by atoms with Gasteiger partial charge in [-0.1, -0.05) is 25.4 Å². The van der Waals surface area contributed by atoms with Crippen molar-refractivity contribution in [2.45, 2.75) is 45.8 Å². The van der Waals surface area contributed by atoms with E-state index in [4.69, 9.17) is 11.6 Å². The van der Waals surface area contributed by atoms with Crippen LogP contribution in [0.2, 0.25) is 5.02 Å². The molecule has 0 radical (unpaired) electrons. The van der Waals surface area contributed by atoms with Gasteiger partial charge in [-0.05, 0) is 26.8 Å². The SMILES string of the molecule is CC(C)n1ncc(Cl)c1C1(O)CCNCC1(C)C. The van der Waals surface area contributed by atoms with E-state index < -0.39 is 5.60 Å². The number of nitrogens with zero attached hydrogens (tertiary/aromatic N) is 2. The lowest BCUT2D eigenvalue weighted by Crippen LogP contribution is -2.55. The summed E-state index contributed by atoms with van der Waals surface area (Å²) in [4.78, 5) is 0. The van der Waals surface area contributed by atoms with Crippen molar-refractivity contribution in [3.8, 4) is 0 Å². The van der Waals surface area contributed by atoms with Crippen molar-refractivity contribution in [2.75, 3.05) is 13.1 Å². The molecule has 5 heteroatoms. The van der Waals surface area contributed by atoms with Crippen molar-refractivity contribution in [2.24, 2.45) is 5.41 Å². The van der Waals surface area contributed by atoms with Crippen LogP contribution in [0.3, 0.4) is 0 Å². The summed E-state index contributed by atoms with van der Waals surface area (Å²) in [6.07, 6.45) is 2.28. The molecule has 0 bridgehead atoms. The first-order chi connectivity index (χ1) is 8.29. The van der Waals surface area contributed by atoms with Gasteiger partial charge in [0.05, 0.1) is 16.9 Å². The molecule has 102 valence electrons. The lowest BCUT2D eigenvalue weighted by atomic mass is 9.68. The van der Waals surface area contributed by atoms with Crippen molar-refractivity contribution in [3.05, 3.63) is 16.9 Å². The van der Waals surface area contributed by atoms with Gasteiger partial charge in [-0.2, -0.15) is 5.10 Å². The molecule has 0 amide bonds. The van der Waals surface area contributed by atoms with E-state index in [-0.39, 0.29) is 11.5 Å². The van der Waals surface area contributed by atoms with E-state index in [0.29, 0.717) is 11.4 Å². The average molecular weight is 272 g/mol. The molecule has 1 unspecified atom stereocenters. The Bertz CT molecular complexity index is 441. The summed E-state index contributed by atoms with van der Waals surface area (Å²) in [5, 5.41) is 19.4. The van der Waals surface area contributed by atoms with Crippen LogP contribution in [0, 0.1) is 5.41 Å². The molecule has 2 heterocycles. The minimum atomic E-state index is -0.934. The molecule has 18 heavy (non-hydrogen) atoms. The van der Waals surface area contributed by atoms with Crippen molar-refractivity contribution in [1.82, 2.24) is 15.1 Å². The third-order valence-electron chi connectivity index (χ3n) is 3.98. The molecule has 1 aliphatic rings. The fourth-order valence-corrected chi connectivity index (χ4v) is 3.00. The van der Waals surface area contributed by atoms with Crippen molar-refractivity contribution in [3.63, 3.8) is 0 Å². The van der Waals surface area contributed by atoms with Crippen LogP contribution in [0.4, 0.5) is 0 Å². The molecule has 0 saturated carbocycles. The zero-order chi connectivity index (χ0) is 13.6. The fourth-order valence-electron chi connectivity index (χ4n) is 2.71. The lowest BCUT2D eigenvalue weighted by molar-refractivity contribution is -0.101. The summed E-state index contributed by atoms with van der Waals surface area (Å²) < 4.78 is 1.84. The van der Waals surface area contributed by atoms with Crippen LogP contribution in [0.25, 0.3) is 0 Å². The Balaban J connectivity index is 2.55. The van der Waals surface area contributed by atoms with Gasteiger partial charge in [0, 0.05) is 18.0 Å². The first-order valence-corrected chi connectivity index (χ1v) is 6.84. The zero-order valence-electron chi connectivity index (χ0n) is 11.5. The average Bonchev–Trinajstić information content (AvgIpc) is 2.65. The van der Waals surface area contributed by atoms with Gasteiger partial charge >= 0.3 is 0 Å². The molecule has 1 fully saturated rings. The summed E-state index contributed by atoms with van der Waals surface area (Å²) in [7, 11) is 0. The second-order valence-electron chi connectivity index (χ2n) is 6.05. The maximum Gasteiger partial charge on any atom is 0.115 e. The lowest BCUT2D eigenvalue weighted by Gasteiger charge is -2.47. The summed E-state index contributed by atoms with van der Waals surface area (Å²) in [6.45, 7) is 9.78. The Morgan fingerprint density at radius 1 is 1.50 bits per heavy atom. The summed E-state index contributed by atoms with van der Waals surface area (Å²) in [5.41, 5.74) is -0.455. The van der Waals surface area contributed by atoms with Gasteiger partial charge in [-0.15, -0.1) is 0 Å². The highest BCUT2D eigenvalue weighted by Gasteiger charge is 2.49. The molecule has 1 atom stereocenters. The molecule has 1 aliphatic heterocycles. The number of aliphatic hydroxyl groups is 1. The maximum absolute atomic E-state index is 11.2. The molecule has 1 saturated heterocycles. The molecule has 0 aromatic carbocycles. The van der Waals surface area contributed by atoms with E-state index >= 15 is 0 Å². The predicted octanol–water partition coefficient (Wildman–Crippen LogP) is 2.32. The molecule has 1 aromatic heterocycles. The highest BCUT2D eigenvalue weighted by atomic mass is 35.5. The van der Waals surface area contributed by atoms with Crippen LogP contribution >= 0.6 is 11.6 Å². The van der Waals surface area contributed by atoms with Crippen molar-refractivity contribution < 1.29 is 5.11 Å². The second kappa shape index (κ2) is 4.51. The smallest absolute Gasteiger partial charge is 0.115 e. The zero-order valence-corrected chi connectivity index (χ0v) is 12.3.